The monoisotopic (exact) mass is 223 g/mol. The van der Waals surface area contributed by atoms with Crippen molar-refractivity contribution in [3.63, 3.8) is 0 Å². The van der Waals surface area contributed by atoms with Gasteiger partial charge in [-0.15, -0.1) is 0 Å². The number of fused-ring (bicyclic) bond motifs is 1. The van der Waals surface area contributed by atoms with E-state index in [1.807, 2.05) is 0 Å². The Morgan fingerprint density at radius 3 is 3.25 bits per heavy atom. The van der Waals surface area contributed by atoms with Gasteiger partial charge in [0, 0.05) is 6.61 Å². The van der Waals surface area contributed by atoms with E-state index < -0.39 is 0 Å². The third-order valence-electron chi connectivity index (χ3n) is 2.95. The van der Waals surface area contributed by atoms with Crippen LogP contribution in [0.3, 0.4) is 0 Å². The van der Waals surface area contributed by atoms with Gasteiger partial charge in [-0.1, -0.05) is 0 Å². The molecule has 2 unspecified atom stereocenters. The maximum atomic E-state index is 11.7. The summed E-state index contributed by atoms with van der Waals surface area (Å²) in [6.07, 6.45) is 3.06. The smallest absolute Gasteiger partial charge is 0.268 e. The fourth-order valence-electron chi connectivity index (χ4n) is 2.19. The molecule has 16 heavy (non-hydrogen) atoms. The fraction of sp³-hybridized carbons (Fsp3) is 0.556. The van der Waals surface area contributed by atoms with Gasteiger partial charge in [-0.2, -0.15) is 5.01 Å². The number of amides is 1. The van der Waals surface area contributed by atoms with Crippen LogP contribution in [0.4, 0.5) is 0 Å². The third kappa shape index (κ3) is 1.29. The van der Waals surface area contributed by atoms with Crippen molar-refractivity contribution in [3.05, 3.63) is 11.4 Å². The van der Waals surface area contributed by atoms with Gasteiger partial charge in [-0.25, -0.2) is 4.99 Å². The normalized spacial score (nSPS) is 33.9. The van der Waals surface area contributed by atoms with E-state index in [0.717, 1.165) is 19.4 Å². The zero-order valence-electron chi connectivity index (χ0n) is 8.64. The molecule has 0 bridgehead atoms. The molecule has 0 aromatic heterocycles. The first kappa shape index (κ1) is 9.61. The molecule has 3 aliphatic heterocycles. The molecule has 0 saturated carbocycles. The van der Waals surface area contributed by atoms with E-state index in [0.29, 0.717) is 5.57 Å². The first-order chi connectivity index (χ1) is 7.77. The first-order valence-corrected chi connectivity index (χ1v) is 5.26. The standard InChI is InChI=1S/C9H13N5O2/c10-7-6-8(12-4-11-7)14(13-9(6)15)5-2-1-3-16-5/h4-5,8H,1-3,10H2,(H,11,12)(H,13,15). The fourth-order valence-corrected chi connectivity index (χ4v) is 2.19. The Morgan fingerprint density at radius 1 is 1.62 bits per heavy atom. The molecule has 2 fully saturated rings. The van der Waals surface area contributed by atoms with Crippen molar-refractivity contribution in [2.45, 2.75) is 25.2 Å². The highest BCUT2D eigenvalue weighted by molar-refractivity contribution is 5.98. The van der Waals surface area contributed by atoms with Gasteiger partial charge in [0.05, 0.1) is 11.9 Å². The molecule has 86 valence electrons. The van der Waals surface area contributed by atoms with Gasteiger partial charge in [0.2, 0.25) is 0 Å². The summed E-state index contributed by atoms with van der Waals surface area (Å²) >= 11 is 0. The largest absolute Gasteiger partial charge is 0.383 e. The lowest BCUT2D eigenvalue weighted by Gasteiger charge is -2.29. The van der Waals surface area contributed by atoms with Crippen LogP contribution in [0.25, 0.3) is 0 Å². The number of hydrogen-bond donors (Lipinski definition) is 3. The van der Waals surface area contributed by atoms with E-state index in [9.17, 15) is 4.79 Å². The lowest BCUT2D eigenvalue weighted by Crippen LogP contribution is -2.52. The number of nitrogens with zero attached hydrogens (tertiary/aromatic N) is 2. The number of hydrazine groups is 1. The van der Waals surface area contributed by atoms with Crippen molar-refractivity contribution in [1.82, 2.24) is 15.8 Å². The topological polar surface area (TPSA) is 92.0 Å². The molecule has 4 N–H and O–H groups in total. The van der Waals surface area contributed by atoms with Gasteiger partial charge in [0.25, 0.3) is 5.91 Å². The quantitative estimate of drug-likeness (QED) is 0.508. The minimum Gasteiger partial charge on any atom is -0.383 e. The third-order valence-corrected chi connectivity index (χ3v) is 2.95. The summed E-state index contributed by atoms with van der Waals surface area (Å²) in [5, 5.41) is 4.77. The Kier molecular flexibility index (Phi) is 2.08. The number of hydrogen-bond acceptors (Lipinski definition) is 6. The van der Waals surface area contributed by atoms with Crippen LogP contribution >= 0.6 is 0 Å². The summed E-state index contributed by atoms with van der Waals surface area (Å²) in [5.74, 6) is 0.0593. The SMILES string of the molecule is NC1=C2C(=O)NN(C3CCCO3)C2NC=N1. The molecule has 7 nitrogen and oxygen atoms in total. The van der Waals surface area contributed by atoms with E-state index >= 15 is 0 Å². The molecular weight excluding hydrogens is 210 g/mol. The molecule has 3 rings (SSSR count). The number of aliphatic imine (C=N–C) groups is 1. The molecule has 3 heterocycles. The van der Waals surface area contributed by atoms with Gasteiger partial charge in [-0.3, -0.25) is 10.2 Å². The minimum absolute atomic E-state index is 0.0850. The second-order valence-corrected chi connectivity index (χ2v) is 3.94. The molecule has 0 radical (unpaired) electrons. The number of ether oxygens (including phenoxy) is 1. The summed E-state index contributed by atoms with van der Waals surface area (Å²) in [6.45, 7) is 0.729. The Balaban J connectivity index is 1.89. The summed E-state index contributed by atoms with van der Waals surface area (Å²) in [6, 6.07) is 0. The van der Waals surface area contributed by atoms with Crippen LogP contribution < -0.4 is 16.5 Å². The molecule has 7 heteroatoms. The van der Waals surface area contributed by atoms with Gasteiger partial charge < -0.3 is 15.8 Å². The van der Waals surface area contributed by atoms with E-state index in [-0.39, 0.29) is 24.1 Å². The zero-order valence-corrected chi connectivity index (χ0v) is 8.64. The molecular formula is C9H13N5O2. The van der Waals surface area contributed by atoms with Crippen LogP contribution in [-0.4, -0.2) is 36.3 Å². The van der Waals surface area contributed by atoms with Crippen LogP contribution in [0, 0.1) is 0 Å². The van der Waals surface area contributed by atoms with Gasteiger partial charge in [0.1, 0.15) is 18.2 Å². The van der Waals surface area contributed by atoms with Gasteiger partial charge in [0.15, 0.2) is 0 Å². The summed E-state index contributed by atoms with van der Waals surface area (Å²) in [5.41, 5.74) is 8.91. The van der Waals surface area contributed by atoms with Crippen LogP contribution in [0.1, 0.15) is 12.8 Å². The van der Waals surface area contributed by atoms with Crippen molar-refractivity contribution < 1.29 is 9.53 Å². The van der Waals surface area contributed by atoms with E-state index in [1.165, 1.54) is 6.34 Å². The molecule has 2 atom stereocenters. The predicted molar refractivity (Wildman–Crippen MR) is 55.6 cm³/mol. The molecule has 0 aliphatic carbocycles. The summed E-state index contributed by atoms with van der Waals surface area (Å²) in [4.78, 5) is 15.6. The maximum absolute atomic E-state index is 11.7. The lowest BCUT2D eigenvalue weighted by atomic mass is 10.2. The second kappa shape index (κ2) is 3.46. The Morgan fingerprint density at radius 2 is 2.50 bits per heavy atom. The zero-order chi connectivity index (χ0) is 11.1. The Hall–Kier alpha value is -1.60. The van der Waals surface area contributed by atoms with E-state index in [4.69, 9.17) is 10.5 Å². The first-order valence-electron chi connectivity index (χ1n) is 5.26. The number of carbonyl (C=O) groups is 1. The average Bonchev–Trinajstić information content (AvgIpc) is 2.86. The van der Waals surface area contributed by atoms with Crippen molar-refractivity contribution in [2.75, 3.05) is 6.61 Å². The van der Waals surface area contributed by atoms with Crippen LogP contribution in [0.15, 0.2) is 16.4 Å². The van der Waals surface area contributed by atoms with Crippen molar-refractivity contribution in [1.29, 1.82) is 0 Å². The molecule has 0 aromatic carbocycles. The van der Waals surface area contributed by atoms with Crippen molar-refractivity contribution in [2.24, 2.45) is 10.7 Å². The predicted octanol–water partition coefficient (Wildman–Crippen LogP) is -1.40. The highest BCUT2D eigenvalue weighted by Crippen LogP contribution is 2.25. The second-order valence-electron chi connectivity index (χ2n) is 3.94. The number of nitrogens with two attached hydrogens (primary N) is 1. The molecule has 0 aromatic rings. The molecule has 1 amide bonds. The Bertz CT molecular complexity index is 385. The number of nitrogens with one attached hydrogen (secondary N) is 2. The minimum atomic E-state index is -0.270. The highest BCUT2D eigenvalue weighted by atomic mass is 16.5. The van der Waals surface area contributed by atoms with Crippen molar-refractivity contribution in [3.8, 4) is 0 Å². The lowest BCUT2D eigenvalue weighted by molar-refractivity contribution is -0.123. The summed E-state index contributed by atoms with van der Waals surface area (Å²) < 4.78 is 5.53. The van der Waals surface area contributed by atoms with Crippen molar-refractivity contribution >= 4 is 12.2 Å². The number of carbonyl (C=O) groups excluding carboxylic acids is 1. The van der Waals surface area contributed by atoms with E-state index in [1.54, 1.807) is 5.01 Å². The molecule has 2 saturated heterocycles. The molecule has 0 spiro atoms. The van der Waals surface area contributed by atoms with Gasteiger partial charge >= 0.3 is 0 Å². The van der Waals surface area contributed by atoms with E-state index in [2.05, 4.69) is 15.7 Å². The Labute approximate surface area is 92.3 Å². The van der Waals surface area contributed by atoms with Crippen LogP contribution in [-0.2, 0) is 9.53 Å². The molecule has 3 aliphatic rings. The van der Waals surface area contributed by atoms with Crippen LogP contribution in [0.5, 0.6) is 0 Å². The maximum Gasteiger partial charge on any atom is 0.268 e. The highest BCUT2D eigenvalue weighted by Gasteiger charge is 2.43. The average molecular weight is 223 g/mol. The summed E-state index contributed by atoms with van der Waals surface area (Å²) in [7, 11) is 0. The number of rotatable bonds is 1. The van der Waals surface area contributed by atoms with Gasteiger partial charge in [-0.05, 0) is 12.8 Å². The van der Waals surface area contributed by atoms with Crippen LogP contribution in [0.2, 0.25) is 0 Å².